The second kappa shape index (κ2) is 17.7. The van der Waals surface area contributed by atoms with Gasteiger partial charge in [0.05, 0.1) is 0 Å². The molecule has 0 N–H and O–H groups in total. The van der Waals surface area contributed by atoms with Crippen LogP contribution in [0.25, 0.3) is 0 Å². The van der Waals surface area contributed by atoms with Crippen LogP contribution in [0.15, 0.2) is 157 Å². The van der Waals surface area contributed by atoms with Gasteiger partial charge in [-0.05, 0) is 78.3 Å². The fraction of sp³-hybridized carbons (Fsp3) is 0.295. The Bertz CT molecular complexity index is 1640. The number of benzene rings is 4. The summed E-state index contributed by atoms with van der Waals surface area (Å²) in [6.45, 7) is 11.5. The zero-order valence-corrected chi connectivity index (χ0v) is 30.9. The van der Waals surface area contributed by atoms with E-state index in [2.05, 4.69) is 136 Å². The van der Waals surface area contributed by atoms with Gasteiger partial charge in [0.1, 0.15) is 11.9 Å². The lowest BCUT2D eigenvalue weighted by molar-refractivity contribution is -0.0878. The van der Waals surface area contributed by atoms with Crippen molar-refractivity contribution < 1.29 is 17.9 Å². The standard InChI is InChI=1S/C44H51F3NOP/c1-7-38(29-28-36(3)44(45,46)47)49-42(37-20-12-8-13-21-37)30-31-48(6)33-35(2)32-43(4,5)34-50(39-22-14-9-15-23-39,40-24-16-10-17-25-40)41-26-18-11-19-27-41/h7-29,34-35,42H,3,30-33H2,1-2,4-6H3/b29-28-,38-7+. The predicted molar refractivity (Wildman–Crippen MR) is 209 cm³/mol. The third-order valence-electron chi connectivity index (χ3n) is 8.85. The molecule has 264 valence electrons. The van der Waals surface area contributed by atoms with Crippen LogP contribution in [0.4, 0.5) is 13.2 Å². The lowest BCUT2D eigenvalue weighted by Crippen LogP contribution is -2.33. The van der Waals surface area contributed by atoms with Crippen LogP contribution < -0.4 is 15.9 Å². The molecule has 0 radical (unpaired) electrons. The molecule has 0 heterocycles. The predicted octanol–water partition coefficient (Wildman–Crippen LogP) is 10.5. The van der Waals surface area contributed by atoms with E-state index in [1.165, 1.54) is 22.0 Å². The van der Waals surface area contributed by atoms with E-state index in [1.807, 2.05) is 30.3 Å². The van der Waals surface area contributed by atoms with Crippen LogP contribution in [0.5, 0.6) is 0 Å². The van der Waals surface area contributed by atoms with E-state index in [9.17, 15) is 13.2 Å². The summed E-state index contributed by atoms with van der Waals surface area (Å²) in [5.41, 5.74) is -0.0184. The van der Waals surface area contributed by atoms with Gasteiger partial charge < -0.3 is 9.64 Å². The molecule has 0 spiro atoms. The van der Waals surface area contributed by atoms with Gasteiger partial charge in [0.15, 0.2) is 0 Å². The van der Waals surface area contributed by atoms with Crippen molar-refractivity contribution in [2.75, 3.05) is 20.1 Å². The molecule has 2 atom stereocenters. The molecule has 2 nitrogen and oxygen atoms in total. The molecule has 0 saturated heterocycles. The molecule has 4 rings (SSSR count). The second-order valence-corrected chi connectivity index (χ2v) is 17.0. The average Bonchev–Trinajstić information content (AvgIpc) is 3.11. The molecule has 0 aliphatic rings. The first-order chi connectivity index (χ1) is 23.8. The minimum absolute atomic E-state index is 0.0845. The average molecular weight is 698 g/mol. The fourth-order valence-corrected chi connectivity index (χ4v) is 11.2. The van der Waals surface area contributed by atoms with Gasteiger partial charge in [0.2, 0.25) is 0 Å². The largest absolute Gasteiger partial charge is 0.486 e. The monoisotopic (exact) mass is 697 g/mol. The van der Waals surface area contributed by atoms with Crippen LogP contribution in [-0.2, 0) is 4.74 Å². The topological polar surface area (TPSA) is 12.5 Å². The van der Waals surface area contributed by atoms with Crippen molar-refractivity contribution in [2.24, 2.45) is 11.3 Å². The Morgan fingerprint density at radius 3 is 1.68 bits per heavy atom. The Balaban J connectivity index is 1.53. The fourth-order valence-electron chi connectivity index (χ4n) is 6.77. The van der Waals surface area contributed by atoms with Crippen LogP contribution in [0.3, 0.4) is 0 Å². The molecule has 0 amide bonds. The van der Waals surface area contributed by atoms with Gasteiger partial charge in [-0.15, -0.1) is 0 Å². The highest BCUT2D eigenvalue weighted by molar-refractivity contribution is 7.94. The second-order valence-electron chi connectivity index (χ2n) is 13.8. The van der Waals surface area contributed by atoms with E-state index in [0.29, 0.717) is 18.1 Å². The normalized spacial score (nSPS) is 14.1. The summed E-state index contributed by atoms with van der Waals surface area (Å²) in [4.78, 5) is 2.34. The molecular formula is C44H51F3NOP. The number of rotatable bonds is 16. The molecule has 0 fully saturated rings. The molecule has 50 heavy (non-hydrogen) atoms. The number of ether oxygens (including phenoxy) is 1. The SMILES string of the molecule is C=C(/C=C\C(=C/C)OC(CCN(C)CC(C)CC(C)(C)C=P(c1ccccc1)(c1ccccc1)c1ccccc1)c1ccccc1)C(F)(F)F. The van der Waals surface area contributed by atoms with Crippen molar-refractivity contribution in [1.29, 1.82) is 0 Å². The summed E-state index contributed by atoms with van der Waals surface area (Å²) in [6.07, 6.45) is 0.881. The third-order valence-corrected chi connectivity index (χ3v) is 13.3. The molecule has 4 aromatic rings. The first-order valence-corrected chi connectivity index (χ1v) is 19.1. The van der Waals surface area contributed by atoms with E-state index >= 15 is 0 Å². The van der Waals surface area contributed by atoms with E-state index in [0.717, 1.165) is 31.1 Å². The summed E-state index contributed by atoms with van der Waals surface area (Å²) in [5.74, 6) is 3.43. The van der Waals surface area contributed by atoms with Gasteiger partial charge in [-0.25, -0.2) is 0 Å². The van der Waals surface area contributed by atoms with Gasteiger partial charge in [0, 0.05) is 25.1 Å². The first kappa shape index (κ1) is 38.7. The zero-order chi connectivity index (χ0) is 36.2. The number of hydrogen-bond acceptors (Lipinski definition) is 2. The quantitative estimate of drug-likeness (QED) is 0.0657. The lowest BCUT2D eigenvalue weighted by Gasteiger charge is -2.35. The van der Waals surface area contributed by atoms with E-state index in [4.69, 9.17) is 4.74 Å². The number of allylic oxidation sites excluding steroid dienone is 4. The van der Waals surface area contributed by atoms with Gasteiger partial charge >= 0.3 is 6.18 Å². The van der Waals surface area contributed by atoms with Gasteiger partial charge in [-0.3, -0.25) is 0 Å². The molecule has 0 aliphatic heterocycles. The van der Waals surface area contributed by atoms with Crippen LogP contribution in [-0.4, -0.2) is 37.0 Å². The summed E-state index contributed by atoms with van der Waals surface area (Å²) in [6, 6.07) is 42.7. The Kier molecular flexibility index (Phi) is 13.8. The van der Waals surface area contributed by atoms with Crippen molar-refractivity contribution in [3.05, 3.63) is 163 Å². The Morgan fingerprint density at radius 1 is 0.780 bits per heavy atom. The molecule has 0 bridgehead atoms. The molecule has 2 unspecified atom stereocenters. The summed E-state index contributed by atoms with van der Waals surface area (Å²) < 4.78 is 45.4. The van der Waals surface area contributed by atoms with Crippen LogP contribution in [0.1, 0.15) is 52.2 Å². The van der Waals surface area contributed by atoms with E-state index < -0.39 is 18.6 Å². The number of alkyl halides is 3. The maximum absolute atomic E-state index is 13.0. The minimum Gasteiger partial charge on any atom is -0.486 e. The summed E-state index contributed by atoms with van der Waals surface area (Å²) in [5, 5.41) is 4.04. The summed E-state index contributed by atoms with van der Waals surface area (Å²) in [7, 11) is 2.13. The van der Waals surface area contributed by atoms with Crippen LogP contribution in [0, 0.1) is 11.3 Å². The Labute approximate surface area is 298 Å². The maximum atomic E-state index is 13.0. The third kappa shape index (κ3) is 10.7. The molecule has 0 aliphatic carbocycles. The first-order valence-electron chi connectivity index (χ1n) is 17.3. The highest BCUT2D eigenvalue weighted by Crippen LogP contribution is 2.47. The van der Waals surface area contributed by atoms with E-state index in [1.54, 1.807) is 13.0 Å². The van der Waals surface area contributed by atoms with E-state index in [-0.39, 0.29) is 11.5 Å². The minimum atomic E-state index is -4.48. The van der Waals surface area contributed by atoms with Gasteiger partial charge in [-0.2, -0.15) is 13.2 Å². The van der Waals surface area contributed by atoms with Crippen molar-refractivity contribution in [1.82, 2.24) is 4.90 Å². The summed E-state index contributed by atoms with van der Waals surface area (Å²) >= 11 is 0. The smallest absolute Gasteiger partial charge is 0.415 e. The molecule has 6 heteroatoms. The van der Waals surface area contributed by atoms with Crippen LogP contribution >= 0.6 is 6.89 Å². The number of halogens is 3. The molecule has 0 aromatic heterocycles. The van der Waals surface area contributed by atoms with Crippen molar-refractivity contribution >= 4 is 28.6 Å². The Morgan fingerprint density at radius 2 is 1.24 bits per heavy atom. The number of hydrogen-bond donors (Lipinski definition) is 0. The maximum Gasteiger partial charge on any atom is 0.415 e. The van der Waals surface area contributed by atoms with Gasteiger partial charge in [-0.1, -0.05) is 154 Å². The van der Waals surface area contributed by atoms with Crippen LogP contribution in [0.2, 0.25) is 0 Å². The van der Waals surface area contributed by atoms with Crippen molar-refractivity contribution in [2.45, 2.75) is 52.8 Å². The molecule has 0 saturated carbocycles. The zero-order valence-electron chi connectivity index (χ0n) is 30.0. The number of nitrogens with zero attached hydrogens (tertiary/aromatic N) is 1. The molecular weight excluding hydrogens is 646 g/mol. The lowest BCUT2D eigenvalue weighted by atomic mass is 9.85. The van der Waals surface area contributed by atoms with Gasteiger partial charge in [0.25, 0.3) is 0 Å². The molecule has 4 aromatic carbocycles. The highest BCUT2D eigenvalue weighted by Gasteiger charge is 2.31. The Hall–Kier alpha value is -4.05. The van der Waals surface area contributed by atoms with Crippen molar-refractivity contribution in [3.8, 4) is 0 Å². The van der Waals surface area contributed by atoms with Crippen molar-refractivity contribution in [3.63, 3.8) is 0 Å². The highest BCUT2D eigenvalue weighted by atomic mass is 31.2.